The van der Waals surface area contributed by atoms with Crippen LogP contribution >= 0.6 is 0 Å². The van der Waals surface area contributed by atoms with Gasteiger partial charge in [0.25, 0.3) is 0 Å². The van der Waals surface area contributed by atoms with E-state index in [4.69, 9.17) is 9.37 Å². The Morgan fingerprint density at radius 3 is 2.42 bits per heavy atom. The normalized spacial score (nSPS) is 11.2. The zero-order valence-electron chi connectivity index (χ0n) is 18.7. The number of rotatable bonds is 5. The lowest BCUT2D eigenvalue weighted by Gasteiger charge is -2.15. The first-order valence-corrected chi connectivity index (χ1v) is 10.2. The van der Waals surface area contributed by atoms with Crippen LogP contribution in [0.1, 0.15) is 33.6 Å². The van der Waals surface area contributed by atoms with E-state index in [0.717, 1.165) is 49.8 Å². The Morgan fingerprint density at radius 1 is 1.03 bits per heavy atom. The van der Waals surface area contributed by atoms with Gasteiger partial charge in [0.05, 0.1) is 18.4 Å². The SMILES string of the molecule is Cc1cc(-n2nc(C)c(C)c2C)ccc1OCc1c(C)cccc1-c1non(C)c1=O. The third kappa shape index (κ3) is 3.67. The van der Waals surface area contributed by atoms with E-state index in [1.54, 1.807) is 7.05 Å². The lowest BCUT2D eigenvalue weighted by Crippen LogP contribution is -2.13. The van der Waals surface area contributed by atoms with Crippen molar-refractivity contribution in [1.29, 1.82) is 0 Å². The topological polar surface area (TPSA) is 75.1 Å². The van der Waals surface area contributed by atoms with E-state index in [-0.39, 0.29) is 11.3 Å². The summed E-state index contributed by atoms with van der Waals surface area (Å²) in [6, 6.07) is 11.8. The maximum Gasteiger partial charge on any atom is 0.310 e. The molecule has 0 unspecified atom stereocenters. The van der Waals surface area contributed by atoms with Crippen molar-refractivity contribution >= 4 is 0 Å². The molecule has 0 saturated carbocycles. The summed E-state index contributed by atoms with van der Waals surface area (Å²) in [5.41, 5.74) is 8.04. The Hall–Kier alpha value is -3.61. The lowest BCUT2D eigenvalue weighted by atomic mass is 10.0. The van der Waals surface area contributed by atoms with E-state index in [1.807, 2.05) is 55.8 Å². The van der Waals surface area contributed by atoms with E-state index in [2.05, 4.69) is 30.2 Å². The molecule has 31 heavy (non-hydrogen) atoms. The van der Waals surface area contributed by atoms with E-state index in [0.29, 0.717) is 6.61 Å². The highest BCUT2D eigenvalue weighted by molar-refractivity contribution is 5.64. The van der Waals surface area contributed by atoms with Crippen molar-refractivity contribution in [2.45, 2.75) is 41.2 Å². The Kier molecular flexibility index (Phi) is 5.27. The van der Waals surface area contributed by atoms with E-state index in [1.165, 1.54) is 5.56 Å². The summed E-state index contributed by atoms with van der Waals surface area (Å²) in [7, 11) is 1.54. The molecule has 7 nitrogen and oxygen atoms in total. The minimum atomic E-state index is -0.271. The Morgan fingerprint density at radius 2 is 1.81 bits per heavy atom. The van der Waals surface area contributed by atoms with Crippen molar-refractivity contribution in [2.75, 3.05) is 0 Å². The minimum Gasteiger partial charge on any atom is -0.489 e. The first-order chi connectivity index (χ1) is 14.8. The Bertz CT molecular complexity index is 1330. The molecule has 0 bridgehead atoms. The van der Waals surface area contributed by atoms with Gasteiger partial charge in [0, 0.05) is 16.8 Å². The number of benzene rings is 2. The van der Waals surface area contributed by atoms with Crippen molar-refractivity contribution in [3.05, 3.63) is 80.4 Å². The van der Waals surface area contributed by atoms with Crippen LogP contribution in [0.25, 0.3) is 16.9 Å². The fourth-order valence-electron chi connectivity index (χ4n) is 3.66. The third-order valence-electron chi connectivity index (χ3n) is 5.84. The molecule has 0 amide bonds. The van der Waals surface area contributed by atoms with Gasteiger partial charge >= 0.3 is 5.56 Å². The summed E-state index contributed by atoms with van der Waals surface area (Å²) < 4.78 is 14.2. The zero-order valence-corrected chi connectivity index (χ0v) is 18.7. The van der Waals surface area contributed by atoms with Crippen molar-refractivity contribution < 1.29 is 9.37 Å². The summed E-state index contributed by atoms with van der Waals surface area (Å²) in [5.74, 6) is 0.782. The molecule has 0 aliphatic rings. The van der Waals surface area contributed by atoms with Gasteiger partial charge in [-0.25, -0.2) is 4.68 Å². The van der Waals surface area contributed by atoms with E-state index < -0.39 is 0 Å². The first-order valence-electron chi connectivity index (χ1n) is 10.2. The molecule has 2 aromatic heterocycles. The summed E-state index contributed by atoms with van der Waals surface area (Å²) >= 11 is 0. The van der Waals surface area contributed by atoms with Crippen molar-refractivity contribution in [2.24, 2.45) is 7.05 Å². The van der Waals surface area contributed by atoms with Gasteiger partial charge in [-0.3, -0.25) is 9.42 Å². The average molecular weight is 418 g/mol. The fraction of sp³-hybridized carbons (Fsp3) is 0.292. The number of nitrogens with zero attached hydrogens (tertiary/aromatic N) is 4. The maximum atomic E-state index is 12.3. The Balaban J connectivity index is 1.63. The molecule has 0 fully saturated rings. The van der Waals surface area contributed by atoms with Crippen LogP contribution in [-0.2, 0) is 13.7 Å². The Labute approximate surface area is 180 Å². The molecule has 4 rings (SSSR count). The van der Waals surface area contributed by atoms with Crippen LogP contribution in [0.2, 0.25) is 0 Å². The molecular weight excluding hydrogens is 392 g/mol. The minimum absolute atomic E-state index is 0.271. The van der Waals surface area contributed by atoms with Crippen molar-refractivity contribution in [1.82, 2.24) is 19.7 Å². The molecule has 7 heteroatoms. The summed E-state index contributed by atoms with van der Waals surface area (Å²) in [6.45, 7) is 10.5. The molecule has 2 aromatic carbocycles. The molecule has 160 valence electrons. The highest BCUT2D eigenvalue weighted by atomic mass is 16.6. The van der Waals surface area contributed by atoms with Gasteiger partial charge in [-0.1, -0.05) is 18.2 Å². The molecule has 0 saturated heterocycles. The van der Waals surface area contributed by atoms with Gasteiger partial charge in [0.1, 0.15) is 12.4 Å². The second-order valence-electron chi connectivity index (χ2n) is 7.87. The number of hydrogen-bond acceptors (Lipinski definition) is 5. The maximum absolute atomic E-state index is 12.3. The van der Waals surface area contributed by atoms with Gasteiger partial charge in [-0.15, -0.1) is 4.74 Å². The van der Waals surface area contributed by atoms with Gasteiger partial charge in [0.2, 0.25) is 0 Å². The summed E-state index contributed by atoms with van der Waals surface area (Å²) in [5, 5.41) is 8.57. The number of ether oxygens (including phenoxy) is 1. The van der Waals surface area contributed by atoms with Gasteiger partial charge < -0.3 is 4.74 Å². The molecule has 0 radical (unpaired) electrons. The summed E-state index contributed by atoms with van der Waals surface area (Å²) in [4.78, 5) is 12.3. The van der Waals surface area contributed by atoms with E-state index >= 15 is 0 Å². The third-order valence-corrected chi connectivity index (χ3v) is 5.84. The number of aryl methyl sites for hydroxylation is 4. The second kappa shape index (κ2) is 7.91. The largest absolute Gasteiger partial charge is 0.489 e. The molecule has 0 atom stereocenters. The number of aromatic nitrogens is 4. The van der Waals surface area contributed by atoms with Crippen molar-refractivity contribution in [3.63, 3.8) is 0 Å². The van der Waals surface area contributed by atoms with Crippen LogP contribution in [0.15, 0.2) is 45.8 Å². The van der Waals surface area contributed by atoms with Crippen LogP contribution < -0.4 is 10.3 Å². The predicted molar refractivity (Wildman–Crippen MR) is 119 cm³/mol. The lowest BCUT2D eigenvalue weighted by molar-refractivity contribution is 0.216. The second-order valence-corrected chi connectivity index (χ2v) is 7.87. The highest BCUT2D eigenvalue weighted by Crippen LogP contribution is 2.27. The molecule has 0 N–H and O–H groups in total. The monoisotopic (exact) mass is 418 g/mol. The molecule has 4 aromatic rings. The first kappa shape index (κ1) is 20.7. The van der Waals surface area contributed by atoms with Gasteiger partial charge in [-0.05, 0) is 74.7 Å². The van der Waals surface area contributed by atoms with Crippen LogP contribution in [0.5, 0.6) is 5.75 Å². The molecule has 0 aliphatic carbocycles. The van der Waals surface area contributed by atoms with Crippen LogP contribution in [0, 0.1) is 34.6 Å². The molecule has 0 aliphatic heterocycles. The number of hydrogen-bond donors (Lipinski definition) is 0. The van der Waals surface area contributed by atoms with Crippen LogP contribution in [0.4, 0.5) is 0 Å². The predicted octanol–water partition coefficient (Wildman–Crippen LogP) is 4.35. The van der Waals surface area contributed by atoms with Crippen LogP contribution in [0.3, 0.4) is 0 Å². The van der Waals surface area contributed by atoms with Gasteiger partial charge in [-0.2, -0.15) is 5.10 Å². The standard InChI is InChI=1S/C24H26N4O3/c1-14-8-7-9-20(23-24(29)27(6)31-26-23)21(14)13-30-22-11-10-19(12-15(22)2)28-18(5)16(3)17(4)25-28/h7-12H,13H2,1-6H3. The average Bonchev–Trinajstić information content (AvgIpc) is 3.21. The van der Waals surface area contributed by atoms with E-state index in [9.17, 15) is 4.79 Å². The molecule has 2 heterocycles. The van der Waals surface area contributed by atoms with Crippen molar-refractivity contribution in [3.8, 4) is 22.7 Å². The highest BCUT2D eigenvalue weighted by Gasteiger charge is 2.17. The van der Waals surface area contributed by atoms with Gasteiger partial charge in [0.15, 0.2) is 5.69 Å². The molecular formula is C24H26N4O3. The molecule has 0 spiro atoms. The fourth-order valence-corrected chi connectivity index (χ4v) is 3.66. The quantitative estimate of drug-likeness (QED) is 0.482. The van der Waals surface area contributed by atoms with Crippen LogP contribution in [-0.4, -0.2) is 19.7 Å². The summed E-state index contributed by atoms with van der Waals surface area (Å²) in [6.07, 6.45) is 0. The smallest absolute Gasteiger partial charge is 0.310 e. The zero-order chi connectivity index (χ0) is 22.3.